The lowest BCUT2D eigenvalue weighted by Gasteiger charge is -2.38. The molecule has 44 heavy (non-hydrogen) atoms. The predicted octanol–water partition coefficient (Wildman–Crippen LogP) is 5.28. The lowest BCUT2D eigenvalue weighted by atomic mass is 9.89. The molecule has 2 heterocycles. The molecule has 0 saturated heterocycles. The van der Waals surface area contributed by atoms with Crippen LogP contribution in [0, 0.1) is 11.6 Å². The number of alkyl halides is 1. The summed E-state index contributed by atoms with van der Waals surface area (Å²) in [5.41, 5.74) is 0.911. The number of amides is 2. The molecular weight excluding hydrogens is 595 g/mol. The van der Waals surface area contributed by atoms with E-state index in [0.717, 1.165) is 24.6 Å². The zero-order chi connectivity index (χ0) is 31.8. The van der Waals surface area contributed by atoms with Gasteiger partial charge in [0.15, 0.2) is 0 Å². The third-order valence-corrected chi connectivity index (χ3v) is 9.13. The van der Waals surface area contributed by atoms with Gasteiger partial charge < -0.3 is 10.2 Å². The smallest absolute Gasteiger partial charge is 0.330 e. The van der Waals surface area contributed by atoms with Gasteiger partial charge >= 0.3 is 6.03 Å². The van der Waals surface area contributed by atoms with E-state index in [-0.39, 0.29) is 36.0 Å². The predicted molar refractivity (Wildman–Crippen MR) is 164 cm³/mol. The van der Waals surface area contributed by atoms with Crippen LogP contribution in [0.1, 0.15) is 44.2 Å². The van der Waals surface area contributed by atoms with Crippen molar-refractivity contribution in [3.05, 3.63) is 71.4 Å². The topological polar surface area (TPSA) is 111 Å². The van der Waals surface area contributed by atoms with Gasteiger partial charge in [-0.05, 0) is 76.7 Å². The fourth-order valence-corrected chi connectivity index (χ4v) is 6.87. The zero-order valence-corrected chi connectivity index (χ0v) is 25.8. The van der Waals surface area contributed by atoms with Crippen LogP contribution >= 0.6 is 0 Å². The number of halogens is 3. The van der Waals surface area contributed by atoms with Crippen molar-refractivity contribution >= 4 is 39.2 Å². The molecule has 10 nitrogen and oxygen atoms in total. The number of nitrogens with zero attached hydrogens (tertiary/aromatic N) is 5. The number of urea groups is 1. The molecule has 0 unspecified atom stereocenters. The Hall–Kier alpha value is -3.91. The van der Waals surface area contributed by atoms with Gasteiger partial charge in [-0.15, -0.1) is 0 Å². The Balaban J connectivity index is 1.32. The summed E-state index contributed by atoms with van der Waals surface area (Å²) in [6.45, 7) is 3.72. The van der Waals surface area contributed by atoms with Crippen LogP contribution in [0.2, 0.25) is 0 Å². The van der Waals surface area contributed by atoms with Gasteiger partial charge in [0.25, 0.3) is 0 Å². The summed E-state index contributed by atoms with van der Waals surface area (Å²) in [5, 5.41) is 3.23. The van der Waals surface area contributed by atoms with Crippen LogP contribution in [0.15, 0.2) is 48.7 Å². The fraction of sp³-hybridized carbons (Fsp3) is 0.433. The van der Waals surface area contributed by atoms with E-state index >= 15 is 4.39 Å². The molecule has 2 N–H and O–H groups in total. The van der Waals surface area contributed by atoms with Gasteiger partial charge in [0.1, 0.15) is 23.6 Å². The summed E-state index contributed by atoms with van der Waals surface area (Å²) in [6.07, 6.45) is 2.41. The van der Waals surface area contributed by atoms with Gasteiger partial charge in [-0.3, -0.25) is 14.5 Å². The van der Waals surface area contributed by atoms with Crippen LogP contribution in [0.3, 0.4) is 0 Å². The highest BCUT2D eigenvalue weighted by Gasteiger charge is 2.36. The molecule has 0 radical (unpaired) electrons. The van der Waals surface area contributed by atoms with Crippen LogP contribution in [-0.4, -0.2) is 67.7 Å². The van der Waals surface area contributed by atoms with E-state index in [1.807, 2.05) is 32.8 Å². The maximum absolute atomic E-state index is 15.2. The van der Waals surface area contributed by atoms with Crippen molar-refractivity contribution in [1.29, 1.82) is 0 Å². The number of carbonyl (C=O) groups is 1. The molecule has 3 aromatic rings. The van der Waals surface area contributed by atoms with Crippen LogP contribution in [0.5, 0.6) is 0 Å². The number of fused-ring (bicyclic) bond motifs is 1. The van der Waals surface area contributed by atoms with Gasteiger partial charge in [0.2, 0.25) is 16.0 Å². The normalized spacial score (nSPS) is 20.7. The first-order valence-corrected chi connectivity index (χ1v) is 16.0. The van der Waals surface area contributed by atoms with Gasteiger partial charge in [0, 0.05) is 42.0 Å². The average Bonchev–Trinajstić information content (AvgIpc) is 2.94. The summed E-state index contributed by atoms with van der Waals surface area (Å²) in [5.74, 6) is -1.11. The second-order valence-corrected chi connectivity index (χ2v) is 13.5. The SMILES string of the molecule is CC(C)N1C(=O)N(c2ccc(NS(=O)(=O)Cc3ccc(F)cc3)c(F)c2)Cc2cnc(N[C@@H]3CC[C@@H](N(C)C)[C@H](F)C3)nc21. The Morgan fingerprint density at radius 3 is 2.45 bits per heavy atom. The van der Waals surface area contributed by atoms with E-state index in [1.54, 1.807) is 6.20 Å². The minimum absolute atomic E-state index is 0.0627. The Morgan fingerprint density at radius 1 is 1.09 bits per heavy atom. The van der Waals surface area contributed by atoms with Crippen molar-refractivity contribution in [3.8, 4) is 0 Å². The van der Waals surface area contributed by atoms with E-state index < -0.39 is 39.6 Å². The van der Waals surface area contributed by atoms with Crippen molar-refractivity contribution < 1.29 is 26.4 Å². The second kappa shape index (κ2) is 12.6. The molecule has 14 heteroatoms. The number of nitrogens with one attached hydrogen (secondary N) is 2. The first-order chi connectivity index (χ1) is 20.8. The molecule has 1 saturated carbocycles. The molecular formula is C30H36F3N7O3S. The number of hydrogen-bond acceptors (Lipinski definition) is 7. The van der Waals surface area contributed by atoms with E-state index in [1.165, 1.54) is 34.1 Å². The molecule has 2 amide bonds. The van der Waals surface area contributed by atoms with Crippen molar-refractivity contribution in [1.82, 2.24) is 14.9 Å². The molecule has 2 aliphatic rings. The van der Waals surface area contributed by atoms with E-state index in [9.17, 15) is 22.0 Å². The molecule has 0 bridgehead atoms. The lowest BCUT2D eigenvalue weighted by molar-refractivity contribution is 0.109. The number of benzene rings is 2. The van der Waals surface area contributed by atoms with Crippen molar-refractivity contribution in [3.63, 3.8) is 0 Å². The third kappa shape index (κ3) is 6.91. The van der Waals surface area contributed by atoms with Crippen molar-refractivity contribution in [2.24, 2.45) is 0 Å². The quantitative estimate of drug-likeness (QED) is 0.331. The summed E-state index contributed by atoms with van der Waals surface area (Å²) >= 11 is 0. The minimum atomic E-state index is -4.00. The van der Waals surface area contributed by atoms with E-state index in [2.05, 4.69) is 20.0 Å². The third-order valence-electron chi connectivity index (χ3n) is 7.89. The summed E-state index contributed by atoms with van der Waals surface area (Å²) in [6, 6.07) is 7.76. The fourth-order valence-electron chi connectivity index (χ4n) is 5.67. The first-order valence-electron chi connectivity index (χ1n) is 14.4. The highest BCUT2D eigenvalue weighted by atomic mass is 32.2. The summed E-state index contributed by atoms with van der Waals surface area (Å²) in [4.78, 5) is 27.5. The molecule has 1 aromatic heterocycles. The van der Waals surface area contributed by atoms with E-state index in [4.69, 9.17) is 0 Å². The lowest BCUT2D eigenvalue weighted by Crippen LogP contribution is -2.51. The van der Waals surface area contributed by atoms with Crippen molar-refractivity contribution in [2.75, 3.05) is 33.9 Å². The number of sulfonamides is 1. The standard InChI is InChI=1S/C30H36F3N7O3S/c1-18(2)40-28-20(15-34-29(36-28)35-22-9-12-27(38(3)4)25(33)13-22)16-39(30(40)41)23-10-11-26(24(32)14-23)37-44(42,43)17-19-5-7-21(31)8-6-19/h5-8,10-11,14-15,18,22,25,27,37H,9,12-13,16-17H2,1-4H3,(H,34,35,36)/t22-,25-,27-/m1/s1. The molecule has 3 atom stereocenters. The molecule has 1 fully saturated rings. The van der Waals surface area contributed by atoms with Crippen LogP contribution in [0.25, 0.3) is 0 Å². The molecule has 1 aliphatic heterocycles. The monoisotopic (exact) mass is 631 g/mol. The maximum atomic E-state index is 15.2. The van der Waals surface area contributed by atoms with Crippen LogP contribution in [0.4, 0.5) is 41.1 Å². The van der Waals surface area contributed by atoms with Crippen molar-refractivity contribution in [2.45, 2.75) is 69.7 Å². The van der Waals surface area contributed by atoms with Crippen LogP contribution < -0.4 is 19.8 Å². The first kappa shape index (κ1) is 31.5. The summed E-state index contributed by atoms with van der Waals surface area (Å²) < 4.78 is 70.6. The summed E-state index contributed by atoms with van der Waals surface area (Å²) in [7, 11) is -0.252. The van der Waals surface area contributed by atoms with Gasteiger partial charge in [-0.25, -0.2) is 31.4 Å². The molecule has 1 aliphatic carbocycles. The number of rotatable bonds is 9. The van der Waals surface area contributed by atoms with Gasteiger partial charge in [-0.1, -0.05) is 12.1 Å². The number of hydrogen-bond donors (Lipinski definition) is 2. The second-order valence-electron chi connectivity index (χ2n) is 11.7. The Labute approximate surface area is 255 Å². The highest BCUT2D eigenvalue weighted by molar-refractivity contribution is 7.91. The maximum Gasteiger partial charge on any atom is 0.330 e. The van der Waals surface area contributed by atoms with Gasteiger partial charge in [-0.2, -0.15) is 4.98 Å². The molecule has 236 valence electrons. The number of anilines is 4. The molecule has 5 rings (SSSR count). The van der Waals surface area contributed by atoms with Gasteiger partial charge in [0.05, 0.1) is 18.0 Å². The minimum Gasteiger partial charge on any atom is -0.351 e. The highest BCUT2D eigenvalue weighted by Crippen LogP contribution is 2.34. The molecule has 0 spiro atoms. The van der Waals surface area contributed by atoms with E-state index in [0.29, 0.717) is 35.7 Å². The number of aromatic nitrogens is 2. The van der Waals surface area contributed by atoms with Crippen LogP contribution in [-0.2, 0) is 22.3 Å². The Morgan fingerprint density at radius 2 is 1.82 bits per heavy atom. The number of carbonyl (C=O) groups excluding carboxylic acids is 1. The molecule has 2 aromatic carbocycles. The Kier molecular flexibility index (Phi) is 9.02. The average molecular weight is 632 g/mol. The Bertz CT molecular complexity index is 1620. The zero-order valence-electron chi connectivity index (χ0n) is 25.0. The largest absolute Gasteiger partial charge is 0.351 e.